The molecule has 0 radical (unpaired) electrons. The summed E-state index contributed by atoms with van der Waals surface area (Å²) in [7, 11) is 0. The molecule has 0 aliphatic heterocycles. The molecule has 3 N–H and O–H groups in total. The van der Waals surface area contributed by atoms with Crippen LogP contribution in [0, 0.1) is 0 Å². The number of H-pyrrole nitrogens is 1. The molecule has 1 aromatic heterocycles. The van der Waals surface area contributed by atoms with Gasteiger partial charge in [0.1, 0.15) is 5.82 Å². The first-order valence-corrected chi connectivity index (χ1v) is 4.45. The van der Waals surface area contributed by atoms with Crippen LogP contribution in [0.2, 0.25) is 0 Å². The van der Waals surface area contributed by atoms with E-state index in [-0.39, 0.29) is 18.2 Å². The van der Waals surface area contributed by atoms with E-state index in [4.69, 9.17) is 5.73 Å². The van der Waals surface area contributed by atoms with E-state index < -0.39 is 11.7 Å². The van der Waals surface area contributed by atoms with Crippen molar-refractivity contribution in [2.75, 3.05) is 5.73 Å². The van der Waals surface area contributed by atoms with E-state index in [0.717, 1.165) is 12.1 Å². The first-order valence-electron chi connectivity index (χ1n) is 4.45. The number of aromatic amines is 1. The van der Waals surface area contributed by atoms with Gasteiger partial charge in [-0.15, -0.1) is 12.4 Å². The molecule has 0 unspecified atom stereocenters. The molecule has 2 rings (SSSR count). The minimum Gasteiger partial charge on any atom is -0.384 e. The third-order valence-electron chi connectivity index (χ3n) is 2.17. The van der Waals surface area contributed by atoms with E-state index in [1.54, 1.807) is 6.07 Å². The molecule has 2 aromatic rings. The summed E-state index contributed by atoms with van der Waals surface area (Å²) in [4.78, 5) is 0. The van der Waals surface area contributed by atoms with Gasteiger partial charge in [-0.25, -0.2) is 0 Å². The van der Waals surface area contributed by atoms with Crippen LogP contribution >= 0.6 is 12.4 Å². The van der Waals surface area contributed by atoms with Crippen molar-refractivity contribution >= 4 is 18.2 Å². The summed E-state index contributed by atoms with van der Waals surface area (Å²) in [6.45, 7) is 0. The van der Waals surface area contributed by atoms with Gasteiger partial charge < -0.3 is 5.73 Å². The molecule has 0 fully saturated rings. The molecule has 0 amide bonds. The number of rotatable bonds is 1. The van der Waals surface area contributed by atoms with E-state index in [1.165, 1.54) is 12.3 Å². The normalized spacial score (nSPS) is 11.0. The maximum Gasteiger partial charge on any atom is 0.416 e. The summed E-state index contributed by atoms with van der Waals surface area (Å²) in [5.74, 6) is 0.249. The van der Waals surface area contributed by atoms with Crippen molar-refractivity contribution < 1.29 is 13.2 Å². The number of halogens is 4. The SMILES string of the molecule is Cl.Nc1[nH]ncc1-c1cccc(C(F)(F)F)c1. The Bertz CT molecular complexity index is 507. The molecule has 0 saturated carbocycles. The Morgan fingerprint density at radius 3 is 2.47 bits per heavy atom. The fourth-order valence-corrected chi connectivity index (χ4v) is 1.39. The molecule has 1 aromatic carbocycles. The second-order valence-corrected chi connectivity index (χ2v) is 3.28. The zero-order valence-electron chi connectivity index (χ0n) is 8.45. The largest absolute Gasteiger partial charge is 0.416 e. The van der Waals surface area contributed by atoms with E-state index in [9.17, 15) is 13.2 Å². The fourth-order valence-electron chi connectivity index (χ4n) is 1.39. The van der Waals surface area contributed by atoms with E-state index in [1.807, 2.05) is 0 Å². The summed E-state index contributed by atoms with van der Waals surface area (Å²) >= 11 is 0. The molecule has 0 atom stereocenters. The van der Waals surface area contributed by atoms with Gasteiger partial charge in [-0.3, -0.25) is 5.10 Å². The molecule has 3 nitrogen and oxygen atoms in total. The van der Waals surface area contributed by atoms with Crippen LogP contribution < -0.4 is 5.73 Å². The fraction of sp³-hybridized carbons (Fsp3) is 0.100. The summed E-state index contributed by atoms with van der Waals surface area (Å²) in [5, 5.41) is 6.13. The second kappa shape index (κ2) is 4.67. The lowest BCUT2D eigenvalue weighted by atomic mass is 10.1. The highest BCUT2D eigenvalue weighted by molar-refractivity contribution is 5.85. The van der Waals surface area contributed by atoms with Gasteiger partial charge >= 0.3 is 6.18 Å². The first kappa shape index (κ1) is 13.4. The number of hydrogen-bond donors (Lipinski definition) is 2. The number of hydrogen-bond acceptors (Lipinski definition) is 2. The van der Waals surface area contributed by atoms with Crippen molar-refractivity contribution in [3.8, 4) is 11.1 Å². The molecule has 0 saturated heterocycles. The molecule has 1 heterocycles. The quantitative estimate of drug-likeness (QED) is 0.831. The lowest BCUT2D eigenvalue weighted by Gasteiger charge is -2.07. The zero-order valence-corrected chi connectivity index (χ0v) is 9.27. The first-order chi connectivity index (χ1) is 7.48. The summed E-state index contributed by atoms with van der Waals surface area (Å²) in [6, 6.07) is 4.95. The number of benzene rings is 1. The average Bonchev–Trinajstić information content (AvgIpc) is 2.63. The van der Waals surface area contributed by atoms with Gasteiger partial charge in [0.05, 0.1) is 11.8 Å². The molecule has 92 valence electrons. The van der Waals surface area contributed by atoms with Crippen molar-refractivity contribution in [3.05, 3.63) is 36.0 Å². The van der Waals surface area contributed by atoms with Crippen LogP contribution in [0.1, 0.15) is 5.56 Å². The standard InChI is InChI=1S/C10H8F3N3.ClH/c11-10(12,13)7-3-1-2-6(4-7)8-5-15-16-9(8)14;/h1-5H,(H3,14,15,16);1H. The van der Waals surface area contributed by atoms with Gasteiger partial charge in [0.2, 0.25) is 0 Å². The molecule has 0 aliphatic rings. The maximum absolute atomic E-state index is 12.5. The number of nitrogens with two attached hydrogens (primary N) is 1. The predicted molar refractivity (Wildman–Crippen MR) is 60.7 cm³/mol. The average molecular weight is 264 g/mol. The van der Waals surface area contributed by atoms with Crippen LogP contribution in [-0.2, 0) is 6.18 Å². The van der Waals surface area contributed by atoms with Crippen molar-refractivity contribution in [2.24, 2.45) is 0 Å². The highest BCUT2D eigenvalue weighted by Gasteiger charge is 2.30. The number of nitrogens with one attached hydrogen (secondary N) is 1. The molecular weight excluding hydrogens is 255 g/mol. The Balaban J connectivity index is 0.00000144. The Kier molecular flexibility index (Phi) is 3.67. The van der Waals surface area contributed by atoms with Gasteiger partial charge in [-0.1, -0.05) is 12.1 Å². The van der Waals surface area contributed by atoms with E-state index >= 15 is 0 Å². The van der Waals surface area contributed by atoms with Gasteiger partial charge in [-0.2, -0.15) is 18.3 Å². The topological polar surface area (TPSA) is 54.7 Å². The maximum atomic E-state index is 12.5. The van der Waals surface area contributed by atoms with Gasteiger partial charge in [0.15, 0.2) is 0 Å². The highest BCUT2D eigenvalue weighted by Crippen LogP contribution is 2.33. The van der Waals surface area contributed by atoms with Crippen molar-refractivity contribution in [1.29, 1.82) is 0 Å². The Morgan fingerprint density at radius 1 is 1.24 bits per heavy atom. The zero-order chi connectivity index (χ0) is 11.8. The third-order valence-corrected chi connectivity index (χ3v) is 2.17. The lowest BCUT2D eigenvalue weighted by molar-refractivity contribution is -0.137. The number of aromatic nitrogens is 2. The van der Waals surface area contributed by atoms with Crippen LogP contribution in [0.25, 0.3) is 11.1 Å². The van der Waals surface area contributed by atoms with E-state index in [0.29, 0.717) is 11.1 Å². The number of alkyl halides is 3. The Labute approximate surface area is 101 Å². The minimum absolute atomic E-state index is 0. The monoisotopic (exact) mass is 263 g/mol. The molecule has 0 aliphatic carbocycles. The summed E-state index contributed by atoms with van der Waals surface area (Å²) in [6.07, 6.45) is -2.96. The second-order valence-electron chi connectivity index (χ2n) is 3.28. The van der Waals surface area contributed by atoms with E-state index in [2.05, 4.69) is 10.2 Å². The van der Waals surface area contributed by atoms with Crippen molar-refractivity contribution in [2.45, 2.75) is 6.18 Å². The predicted octanol–water partition coefficient (Wildman–Crippen LogP) is 3.10. The summed E-state index contributed by atoms with van der Waals surface area (Å²) in [5.41, 5.74) is 5.68. The lowest BCUT2D eigenvalue weighted by Crippen LogP contribution is -2.04. The van der Waals surface area contributed by atoms with Crippen LogP contribution in [0.3, 0.4) is 0 Å². The van der Waals surface area contributed by atoms with Crippen molar-refractivity contribution in [1.82, 2.24) is 10.2 Å². The minimum atomic E-state index is -4.35. The molecule has 17 heavy (non-hydrogen) atoms. The molecule has 0 spiro atoms. The Morgan fingerprint density at radius 2 is 1.94 bits per heavy atom. The van der Waals surface area contributed by atoms with Gasteiger partial charge in [-0.05, 0) is 17.7 Å². The van der Waals surface area contributed by atoms with Crippen LogP contribution in [0.5, 0.6) is 0 Å². The Hall–Kier alpha value is -1.69. The summed E-state index contributed by atoms with van der Waals surface area (Å²) < 4.78 is 37.4. The third kappa shape index (κ3) is 2.71. The smallest absolute Gasteiger partial charge is 0.384 e. The van der Waals surface area contributed by atoms with Gasteiger partial charge in [0.25, 0.3) is 0 Å². The van der Waals surface area contributed by atoms with Crippen LogP contribution in [-0.4, -0.2) is 10.2 Å². The highest BCUT2D eigenvalue weighted by atomic mass is 35.5. The van der Waals surface area contributed by atoms with Crippen molar-refractivity contribution in [3.63, 3.8) is 0 Å². The van der Waals surface area contributed by atoms with Crippen LogP contribution in [0.4, 0.5) is 19.0 Å². The molecular formula is C10H9ClF3N3. The molecule has 0 bridgehead atoms. The van der Waals surface area contributed by atoms with Gasteiger partial charge in [0, 0.05) is 5.56 Å². The molecule has 7 heteroatoms. The number of nitrogen functional groups attached to an aromatic ring is 1. The number of nitrogens with zero attached hydrogens (tertiary/aromatic N) is 1. The van der Waals surface area contributed by atoms with Crippen LogP contribution in [0.15, 0.2) is 30.5 Å². The number of anilines is 1.